The molecule has 0 saturated carbocycles. The fourth-order valence-corrected chi connectivity index (χ4v) is 1.86. The van der Waals surface area contributed by atoms with Gasteiger partial charge in [0, 0.05) is 5.54 Å². The molecule has 1 aromatic rings. The van der Waals surface area contributed by atoms with Crippen molar-refractivity contribution in [3.63, 3.8) is 0 Å². The quantitative estimate of drug-likeness (QED) is 0.741. The first kappa shape index (κ1) is 13.5. The minimum Gasteiger partial charge on any atom is -0.480 e. The first-order valence-electron chi connectivity index (χ1n) is 5.63. The average Bonchev–Trinajstić information content (AvgIpc) is 2.28. The third-order valence-corrected chi connectivity index (χ3v) is 2.74. The van der Waals surface area contributed by atoms with Gasteiger partial charge in [0.25, 0.3) is 0 Å². The van der Waals surface area contributed by atoms with E-state index in [0.717, 1.165) is 12.0 Å². The maximum Gasteiger partial charge on any atom is 0.317 e. The SMILES string of the molecule is C=CCc1ccccc1C(C)(C)NCC(=O)O. The van der Waals surface area contributed by atoms with Crippen LogP contribution in [0.2, 0.25) is 0 Å². The zero-order chi connectivity index (χ0) is 12.9. The lowest BCUT2D eigenvalue weighted by Crippen LogP contribution is -2.40. The molecule has 0 unspecified atom stereocenters. The maximum atomic E-state index is 10.6. The van der Waals surface area contributed by atoms with Crippen LogP contribution < -0.4 is 5.32 Å². The zero-order valence-corrected chi connectivity index (χ0v) is 10.4. The van der Waals surface area contributed by atoms with E-state index >= 15 is 0 Å². The summed E-state index contributed by atoms with van der Waals surface area (Å²) in [6.45, 7) is 7.66. The van der Waals surface area contributed by atoms with Crippen LogP contribution in [0.3, 0.4) is 0 Å². The highest BCUT2D eigenvalue weighted by Gasteiger charge is 2.22. The number of aliphatic carboxylic acids is 1. The lowest BCUT2D eigenvalue weighted by molar-refractivity contribution is -0.136. The number of carbonyl (C=O) groups is 1. The van der Waals surface area contributed by atoms with Gasteiger partial charge < -0.3 is 5.11 Å². The van der Waals surface area contributed by atoms with Crippen LogP contribution in [0.25, 0.3) is 0 Å². The topological polar surface area (TPSA) is 49.3 Å². The van der Waals surface area contributed by atoms with Gasteiger partial charge in [-0.05, 0) is 31.4 Å². The van der Waals surface area contributed by atoms with Crippen LogP contribution in [0.15, 0.2) is 36.9 Å². The fraction of sp³-hybridized carbons (Fsp3) is 0.357. The van der Waals surface area contributed by atoms with E-state index in [1.54, 1.807) is 0 Å². The number of nitrogens with one attached hydrogen (secondary N) is 1. The molecule has 0 spiro atoms. The summed E-state index contributed by atoms with van der Waals surface area (Å²) < 4.78 is 0. The van der Waals surface area contributed by atoms with Crippen LogP contribution in [0.1, 0.15) is 25.0 Å². The van der Waals surface area contributed by atoms with Crippen LogP contribution in [-0.2, 0) is 16.8 Å². The molecule has 0 amide bonds. The van der Waals surface area contributed by atoms with Gasteiger partial charge in [-0.3, -0.25) is 10.1 Å². The van der Waals surface area contributed by atoms with Crippen molar-refractivity contribution in [1.82, 2.24) is 5.32 Å². The Morgan fingerprint density at radius 3 is 2.71 bits per heavy atom. The van der Waals surface area contributed by atoms with Crippen molar-refractivity contribution in [2.45, 2.75) is 25.8 Å². The van der Waals surface area contributed by atoms with Gasteiger partial charge in [-0.15, -0.1) is 6.58 Å². The summed E-state index contributed by atoms with van der Waals surface area (Å²) in [5.74, 6) is -0.848. The van der Waals surface area contributed by atoms with Crippen LogP contribution >= 0.6 is 0 Å². The van der Waals surface area contributed by atoms with E-state index in [0.29, 0.717) is 0 Å². The van der Waals surface area contributed by atoms with Crippen LogP contribution in [0.4, 0.5) is 0 Å². The van der Waals surface area contributed by atoms with E-state index in [-0.39, 0.29) is 12.1 Å². The molecule has 0 radical (unpaired) electrons. The molecule has 0 bridgehead atoms. The summed E-state index contributed by atoms with van der Waals surface area (Å²) in [4.78, 5) is 10.6. The lowest BCUT2D eigenvalue weighted by Gasteiger charge is -2.28. The summed E-state index contributed by atoms with van der Waals surface area (Å²) in [7, 11) is 0. The Kier molecular flexibility index (Phi) is 4.46. The smallest absolute Gasteiger partial charge is 0.317 e. The highest BCUT2D eigenvalue weighted by Crippen LogP contribution is 2.24. The molecular weight excluding hydrogens is 214 g/mol. The van der Waals surface area contributed by atoms with Crippen molar-refractivity contribution in [3.8, 4) is 0 Å². The van der Waals surface area contributed by atoms with Crippen molar-refractivity contribution in [2.75, 3.05) is 6.54 Å². The van der Waals surface area contributed by atoms with E-state index in [9.17, 15) is 4.79 Å². The third kappa shape index (κ3) is 3.71. The first-order valence-corrected chi connectivity index (χ1v) is 5.63. The third-order valence-electron chi connectivity index (χ3n) is 2.74. The van der Waals surface area contributed by atoms with E-state index < -0.39 is 5.97 Å². The molecule has 0 aliphatic rings. The lowest BCUT2D eigenvalue weighted by atomic mass is 9.88. The number of benzene rings is 1. The van der Waals surface area contributed by atoms with Crippen LogP contribution in [0, 0.1) is 0 Å². The van der Waals surface area contributed by atoms with Gasteiger partial charge >= 0.3 is 5.97 Å². The number of rotatable bonds is 6. The van der Waals surface area contributed by atoms with Crippen molar-refractivity contribution >= 4 is 5.97 Å². The van der Waals surface area contributed by atoms with Crippen LogP contribution in [-0.4, -0.2) is 17.6 Å². The molecule has 1 aromatic carbocycles. The number of hydrogen-bond acceptors (Lipinski definition) is 2. The van der Waals surface area contributed by atoms with Gasteiger partial charge in [0.05, 0.1) is 6.54 Å². The Morgan fingerprint density at radius 2 is 2.12 bits per heavy atom. The van der Waals surface area contributed by atoms with Crippen molar-refractivity contribution in [2.24, 2.45) is 0 Å². The highest BCUT2D eigenvalue weighted by molar-refractivity contribution is 5.69. The van der Waals surface area contributed by atoms with Gasteiger partial charge in [0.15, 0.2) is 0 Å². The molecule has 0 saturated heterocycles. The predicted octanol–water partition coefficient (Wildman–Crippen LogP) is 2.32. The Labute approximate surface area is 102 Å². The van der Waals surface area contributed by atoms with Gasteiger partial charge in [-0.25, -0.2) is 0 Å². The normalized spacial score (nSPS) is 11.2. The summed E-state index contributed by atoms with van der Waals surface area (Å²) >= 11 is 0. The minimum atomic E-state index is -0.848. The second-order valence-corrected chi connectivity index (χ2v) is 4.52. The molecule has 0 aromatic heterocycles. The summed E-state index contributed by atoms with van der Waals surface area (Å²) in [5, 5.41) is 11.8. The Morgan fingerprint density at radius 1 is 1.47 bits per heavy atom. The molecule has 92 valence electrons. The summed E-state index contributed by atoms with van der Waals surface area (Å²) in [6, 6.07) is 8.01. The second kappa shape index (κ2) is 5.64. The van der Waals surface area contributed by atoms with Gasteiger partial charge in [0.2, 0.25) is 0 Å². The second-order valence-electron chi connectivity index (χ2n) is 4.52. The minimum absolute atomic E-state index is 0.0462. The van der Waals surface area contributed by atoms with E-state index in [2.05, 4.69) is 11.9 Å². The van der Waals surface area contributed by atoms with Gasteiger partial charge in [-0.2, -0.15) is 0 Å². The molecule has 2 N–H and O–H groups in total. The van der Waals surface area contributed by atoms with Crippen LogP contribution in [0.5, 0.6) is 0 Å². The molecule has 0 aliphatic heterocycles. The highest BCUT2D eigenvalue weighted by atomic mass is 16.4. The summed E-state index contributed by atoms with van der Waals surface area (Å²) in [5.41, 5.74) is 1.92. The molecule has 3 heteroatoms. The number of carboxylic acids is 1. The maximum absolute atomic E-state index is 10.6. The average molecular weight is 233 g/mol. The molecule has 0 aliphatic carbocycles. The molecular formula is C14H19NO2. The monoisotopic (exact) mass is 233 g/mol. The Balaban J connectivity index is 2.96. The van der Waals surface area contributed by atoms with Crippen molar-refractivity contribution in [3.05, 3.63) is 48.0 Å². The summed E-state index contributed by atoms with van der Waals surface area (Å²) in [6.07, 6.45) is 2.64. The van der Waals surface area contributed by atoms with E-state index in [1.807, 2.05) is 44.2 Å². The molecule has 3 nitrogen and oxygen atoms in total. The van der Waals surface area contributed by atoms with Gasteiger partial charge in [0.1, 0.15) is 0 Å². The molecule has 0 atom stereocenters. The van der Waals surface area contributed by atoms with E-state index in [1.165, 1.54) is 5.56 Å². The fourth-order valence-electron chi connectivity index (χ4n) is 1.86. The number of hydrogen-bond donors (Lipinski definition) is 2. The van der Waals surface area contributed by atoms with Gasteiger partial charge in [-0.1, -0.05) is 30.3 Å². The van der Waals surface area contributed by atoms with Crippen molar-refractivity contribution in [1.29, 1.82) is 0 Å². The van der Waals surface area contributed by atoms with Crippen molar-refractivity contribution < 1.29 is 9.90 Å². The standard InChI is InChI=1S/C14H19NO2/c1-4-7-11-8-5-6-9-12(11)14(2,3)15-10-13(16)17/h4-6,8-9,15H,1,7,10H2,2-3H3,(H,16,17). The first-order chi connectivity index (χ1) is 7.97. The Bertz CT molecular complexity index is 410. The zero-order valence-electron chi connectivity index (χ0n) is 10.4. The molecule has 17 heavy (non-hydrogen) atoms. The predicted molar refractivity (Wildman–Crippen MR) is 69.0 cm³/mol. The molecule has 1 rings (SSSR count). The number of carboxylic acid groups (broad SMARTS) is 1. The molecule has 0 heterocycles. The largest absolute Gasteiger partial charge is 0.480 e. The number of allylic oxidation sites excluding steroid dienone is 1. The molecule has 0 fully saturated rings. The Hall–Kier alpha value is -1.61. The van der Waals surface area contributed by atoms with E-state index in [4.69, 9.17) is 5.11 Å².